The maximum atomic E-state index is 12.9. The number of hydrogen-bond acceptors (Lipinski definition) is 7. The van der Waals surface area contributed by atoms with Crippen molar-refractivity contribution < 1.29 is 19.0 Å². The van der Waals surface area contributed by atoms with Crippen molar-refractivity contribution in [1.82, 2.24) is 14.9 Å². The highest BCUT2D eigenvalue weighted by molar-refractivity contribution is 9.10. The van der Waals surface area contributed by atoms with Gasteiger partial charge in [-0.3, -0.25) is 4.79 Å². The lowest BCUT2D eigenvalue weighted by Crippen LogP contribution is -2.42. The minimum absolute atomic E-state index is 0.0396. The van der Waals surface area contributed by atoms with Crippen LogP contribution in [0.1, 0.15) is 38.3 Å². The van der Waals surface area contributed by atoms with Crippen LogP contribution in [0.3, 0.4) is 0 Å². The summed E-state index contributed by atoms with van der Waals surface area (Å²) in [5, 5.41) is 1.03. The molecule has 10 heteroatoms. The Kier molecular flexibility index (Phi) is 7.41. The number of amides is 1. The van der Waals surface area contributed by atoms with Gasteiger partial charge in [0.2, 0.25) is 5.88 Å². The van der Waals surface area contributed by atoms with Crippen LogP contribution >= 0.6 is 15.9 Å². The molecule has 1 aliphatic rings. The van der Waals surface area contributed by atoms with E-state index in [9.17, 15) is 9.59 Å². The first-order valence-corrected chi connectivity index (χ1v) is 12.9. The topological polar surface area (TPSA) is 97.0 Å². The van der Waals surface area contributed by atoms with Crippen molar-refractivity contribution in [3.05, 3.63) is 50.3 Å². The molecule has 1 atom stereocenters. The van der Waals surface area contributed by atoms with Crippen molar-refractivity contribution in [3.63, 3.8) is 0 Å². The van der Waals surface area contributed by atoms with Crippen molar-refractivity contribution in [2.45, 2.75) is 52.7 Å². The summed E-state index contributed by atoms with van der Waals surface area (Å²) in [6.45, 7) is 10.7. The number of rotatable bonds is 5. The van der Waals surface area contributed by atoms with E-state index in [4.69, 9.17) is 19.2 Å². The van der Waals surface area contributed by atoms with E-state index in [-0.39, 0.29) is 23.6 Å². The molecule has 37 heavy (non-hydrogen) atoms. The minimum atomic E-state index is -0.564. The van der Waals surface area contributed by atoms with E-state index in [1.54, 1.807) is 25.3 Å². The van der Waals surface area contributed by atoms with E-state index >= 15 is 0 Å². The molecule has 198 valence electrons. The van der Waals surface area contributed by atoms with E-state index in [0.717, 1.165) is 22.0 Å². The number of likely N-dealkylation sites (N-methyl/N-ethyl adjacent to an activating group) is 1. The van der Waals surface area contributed by atoms with Crippen molar-refractivity contribution in [1.29, 1.82) is 0 Å². The Bertz CT molecular complexity index is 1400. The van der Waals surface area contributed by atoms with Crippen LogP contribution in [0.15, 0.2) is 33.7 Å². The molecule has 1 amide bonds. The van der Waals surface area contributed by atoms with Crippen LogP contribution in [0.5, 0.6) is 17.4 Å². The van der Waals surface area contributed by atoms with Crippen molar-refractivity contribution in [3.8, 4) is 17.4 Å². The number of carbonyl (C=O) groups excluding carboxylic acids is 1. The van der Waals surface area contributed by atoms with Crippen molar-refractivity contribution >= 4 is 38.6 Å². The van der Waals surface area contributed by atoms with Gasteiger partial charge in [0.25, 0.3) is 5.56 Å². The molecule has 3 aromatic rings. The summed E-state index contributed by atoms with van der Waals surface area (Å²) in [5.41, 5.74) is 0.847. The van der Waals surface area contributed by atoms with Gasteiger partial charge in [-0.25, -0.2) is 4.79 Å². The number of nitrogens with zero attached hydrogens (tertiary/aromatic N) is 3. The average Bonchev–Trinajstić information content (AvgIpc) is 3.32. The molecule has 1 aromatic carbocycles. The first-order valence-electron chi connectivity index (χ1n) is 12.1. The maximum absolute atomic E-state index is 12.9. The number of aryl methyl sites for hydroxylation is 1. The molecule has 0 spiro atoms. The van der Waals surface area contributed by atoms with Gasteiger partial charge in [-0.2, -0.15) is 4.98 Å². The second-order valence-corrected chi connectivity index (χ2v) is 11.1. The number of nitrogens with one attached hydrogen (secondary N) is 1. The van der Waals surface area contributed by atoms with Crippen LogP contribution in [0.25, 0.3) is 10.8 Å². The number of carbonyl (C=O) groups is 1. The Morgan fingerprint density at radius 2 is 2.00 bits per heavy atom. The van der Waals surface area contributed by atoms with Crippen LogP contribution in [-0.4, -0.2) is 59.9 Å². The second kappa shape index (κ2) is 10.2. The Balaban J connectivity index is 1.72. The summed E-state index contributed by atoms with van der Waals surface area (Å²) in [7, 11) is 3.37. The first-order chi connectivity index (χ1) is 17.4. The molecule has 4 rings (SSSR count). The lowest BCUT2D eigenvalue weighted by atomic mass is 10.1. The number of benzene rings is 1. The molecule has 0 unspecified atom stereocenters. The van der Waals surface area contributed by atoms with E-state index in [1.165, 1.54) is 0 Å². The average molecular weight is 573 g/mol. The SMILES string of the molecule is COc1ccc(C)c(Oc2nc(N3CC[C@@H](N(C)C(=O)OC(C)(C)C)C3)cc3c(Br)c[nH]c(=O)c23)c1C. The van der Waals surface area contributed by atoms with Gasteiger partial charge >= 0.3 is 6.09 Å². The van der Waals surface area contributed by atoms with Gasteiger partial charge in [-0.1, -0.05) is 6.07 Å². The highest BCUT2D eigenvalue weighted by Gasteiger charge is 2.32. The number of H-pyrrole nitrogens is 1. The predicted molar refractivity (Wildman–Crippen MR) is 147 cm³/mol. The fourth-order valence-corrected chi connectivity index (χ4v) is 4.89. The summed E-state index contributed by atoms with van der Waals surface area (Å²) in [4.78, 5) is 36.8. The fourth-order valence-electron chi connectivity index (χ4n) is 4.46. The molecule has 1 fully saturated rings. The summed E-state index contributed by atoms with van der Waals surface area (Å²) in [5.74, 6) is 2.14. The molecule has 1 N–H and O–H groups in total. The van der Waals surface area contributed by atoms with E-state index in [2.05, 4.69) is 25.8 Å². The zero-order valence-corrected chi connectivity index (χ0v) is 23.9. The molecular formula is C27H33BrN4O5. The Morgan fingerprint density at radius 1 is 1.27 bits per heavy atom. The van der Waals surface area contributed by atoms with Gasteiger partial charge in [0.1, 0.15) is 28.3 Å². The Morgan fingerprint density at radius 3 is 2.68 bits per heavy atom. The lowest BCUT2D eigenvalue weighted by molar-refractivity contribution is 0.0238. The van der Waals surface area contributed by atoms with E-state index in [1.807, 2.05) is 52.8 Å². The number of ether oxygens (including phenoxy) is 3. The highest BCUT2D eigenvalue weighted by Crippen LogP contribution is 2.38. The summed E-state index contributed by atoms with van der Waals surface area (Å²) >= 11 is 3.57. The monoisotopic (exact) mass is 572 g/mol. The van der Waals surface area contributed by atoms with Crippen LogP contribution in [0.4, 0.5) is 10.6 Å². The van der Waals surface area contributed by atoms with E-state index in [0.29, 0.717) is 41.2 Å². The Hall–Kier alpha value is -3.27. The smallest absolute Gasteiger partial charge is 0.410 e. The number of hydrogen-bond donors (Lipinski definition) is 1. The molecular weight excluding hydrogens is 540 g/mol. The van der Waals surface area contributed by atoms with Gasteiger partial charge < -0.3 is 29.0 Å². The zero-order chi connectivity index (χ0) is 27.1. The minimum Gasteiger partial charge on any atom is -0.496 e. The number of aromatic nitrogens is 2. The van der Waals surface area contributed by atoms with Crippen LogP contribution < -0.4 is 19.9 Å². The van der Waals surface area contributed by atoms with Crippen LogP contribution in [0, 0.1) is 13.8 Å². The second-order valence-electron chi connectivity index (χ2n) is 10.3. The molecule has 2 aromatic heterocycles. The molecule has 0 aliphatic carbocycles. The van der Waals surface area contributed by atoms with Gasteiger partial charge in [-0.15, -0.1) is 0 Å². The predicted octanol–water partition coefficient (Wildman–Crippen LogP) is 5.55. The molecule has 0 saturated carbocycles. The van der Waals surface area contributed by atoms with E-state index < -0.39 is 5.60 Å². The zero-order valence-electron chi connectivity index (χ0n) is 22.3. The molecule has 1 aliphatic heterocycles. The number of fused-ring (bicyclic) bond motifs is 1. The molecule has 3 heterocycles. The fraction of sp³-hybridized carbons (Fsp3) is 0.444. The number of halogens is 1. The highest BCUT2D eigenvalue weighted by atomic mass is 79.9. The van der Waals surface area contributed by atoms with Gasteiger partial charge in [0.15, 0.2) is 0 Å². The number of anilines is 1. The lowest BCUT2D eigenvalue weighted by Gasteiger charge is -2.28. The van der Waals surface area contributed by atoms with Gasteiger partial charge in [0.05, 0.1) is 13.2 Å². The van der Waals surface area contributed by atoms with Crippen LogP contribution in [0.2, 0.25) is 0 Å². The molecule has 9 nitrogen and oxygen atoms in total. The molecule has 1 saturated heterocycles. The number of pyridine rings is 2. The summed E-state index contributed by atoms with van der Waals surface area (Å²) in [6.07, 6.45) is 2.02. The standard InChI is InChI=1S/C27H33BrN4O5/c1-15-8-9-20(35-7)16(2)23(15)36-25-22-18(19(28)13-29-24(22)33)12-21(30-25)32-11-10-17(14-32)31(6)26(34)37-27(3,4)5/h8-9,12-13,17H,10-11,14H2,1-7H3,(H,29,33)/t17-/m1/s1. The third kappa shape index (κ3) is 5.53. The maximum Gasteiger partial charge on any atom is 0.410 e. The third-order valence-corrected chi connectivity index (χ3v) is 7.13. The van der Waals surface area contributed by atoms with Gasteiger partial charge in [-0.05, 0) is 74.7 Å². The quantitative estimate of drug-likeness (QED) is 0.428. The van der Waals surface area contributed by atoms with Crippen molar-refractivity contribution in [2.24, 2.45) is 0 Å². The summed E-state index contributed by atoms with van der Waals surface area (Å²) in [6, 6.07) is 5.63. The third-order valence-electron chi connectivity index (χ3n) is 6.48. The van der Waals surface area contributed by atoms with Crippen molar-refractivity contribution in [2.75, 3.05) is 32.1 Å². The van der Waals surface area contributed by atoms with Gasteiger partial charge in [0, 0.05) is 41.8 Å². The molecule has 0 radical (unpaired) electrons. The normalized spacial score (nSPS) is 15.7. The first kappa shape index (κ1) is 26.8. The largest absolute Gasteiger partial charge is 0.496 e. The number of methoxy groups -OCH3 is 1. The molecule has 0 bridgehead atoms. The Labute approximate surface area is 224 Å². The number of aromatic amines is 1. The van der Waals surface area contributed by atoms with Crippen LogP contribution in [-0.2, 0) is 4.74 Å². The summed E-state index contributed by atoms with van der Waals surface area (Å²) < 4.78 is 18.1.